The van der Waals surface area contributed by atoms with E-state index in [-0.39, 0.29) is 11.6 Å². The Morgan fingerprint density at radius 1 is 1.00 bits per heavy atom. The molecule has 2 aromatic carbocycles. The Labute approximate surface area is 160 Å². The highest BCUT2D eigenvalue weighted by Gasteiger charge is 2.49. The van der Waals surface area contributed by atoms with Gasteiger partial charge < -0.3 is 9.53 Å². The third kappa shape index (κ3) is 4.70. The maximum absolute atomic E-state index is 9.08. The van der Waals surface area contributed by atoms with Crippen molar-refractivity contribution in [1.82, 2.24) is 0 Å². The van der Waals surface area contributed by atoms with Gasteiger partial charge in [-0.25, -0.2) is 0 Å². The summed E-state index contributed by atoms with van der Waals surface area (Å²) in [5.74, 6) is 0. The maximum atomic E-state index is 9.08. The van der Waals surface area contributed by atoms with Crippen molar-refractivity contribution in [3.63, 3.8) is 0 Å². The Morgan fingerprint density at radius 3 is 1.88 bits per heavy atom. The molecule has 0 saturated carbocycles. The van der Waals surface area contributed by atoms with Gasteiger partial charge >= 0.3 is 0 Å². The normalized spacial score (nSPS) is 13.1. The molecule has 0 fully saturated rings. The van der Waals surface area contributed by atoms with E-state index in [1.54, 1.807) is 0 Å². The molecule has 134 valence electrons. The van der Waals surface area contributed by atoms with Gasteiger partial charge in [-0.3, -0.25) is 0 Å². The smallest absolute Gasteiger partial charge is 0.261 e. The number of hydrogen-bond acceptors (Lipinski definition) is 2. The first-order valence-electron chi connectivity index (χ1n) is 8.62. The molecule has 0 spiro atoms. The summed E-state index contributed by atoms with van der Waals surface area (Å²) in [5.41, 5.74) is 0. The molecule has 0 aliphatic heterocycles. The van der Waals surface area contributed by atoms with E-state index in [2.05, 4.69) is 85.2 Å². The van der Waals surface area contributed by atoms with Crippen LogP contribution in [0.5, 0.6) is 0 Å². The minimum absolute atomic E-state index is 0.0208. The molecule has 0 saturated heterocycles. The molecule has 0 radical (unpaired) electrons. The molecule has 2 rings (SSSR count). The van der Waals surface area contributed by atoms with Crippen LogP contribution in [0.15, 0.2) is 71.2 Å². The van der Waals surface area contributed by atoms with Gasteiger partial charge in [0.2, 0.25) is 0 Å². The third-order valence-electron chi connectivity index (χ3n) is 4.37. The molecular formula is C21H27BrO2Si. The van der Waals surface area contributed by atoms with Gasteiger partial charge in [-0.05, 0) is 26.0 Å². The van der Waals surface area contributed by atoms with E-state index in [1.165, 1.54) is 10.4 Å². The lowest BCUT2D eigenvalue weighted by Crippen LogP contribution is -2.66. The van der Waals surface area contributed by atoms with Crippen molar-refractivity contribution < 1.29 is 9.53 Å². The molecule has 0 amide bonds. The van der Waals surface area contributed by atoms with Crippen LogP contribution in [0.4, 0.5) is 0 Å². The highest BCUT2D eigenvalue weighted by atomic mass is 79.9. The topological polar surface area (TPSA) is 29.5 Å². The van der Waals surface area contributed by atoms with Crippen molar-refractivity contribution in [2.24, 2.45) is 0 Å². The summed E-state index contributed by atoms with van der Waals surface area (Å²) < 4.78 is 7.71. The lowest BCUT2D eigenvalue weighted by molar-refractivity contribution is 0.300. The molecule has 4 heteroatoms. The van der Waals surface area contributed by atoms with Crippen molar-refractivity contribution >= 4 is 34.6 Å². The number of hydrogen-bond donors (Lipinski definition) is 1. The lowest BCUT2D eigenvalue weighted by atomic mass is 10.2. The molecule has 0 heterocycles. The third-order valence-corrected chi connectivity index (χ3v) is 10.1. The van der Waals surface area contributed by atoms with Crippen LogP contribution in [0, 0.1) is 0 Å². The summed E-state index contributed by atoms with van der Waals surface area (Å²) in [7, 11) is -2.47. The Balaban J connectivity index is 2.51. The van der Waals surface area contributed by atoms with Crippen molar-refractivity contribution in [2.45, 2.75) is 32.2 Å². The molecule has 0 bridgehead atoms. The van der Waals surface area contributed by atoms with Crippen LogP contribution in [-0.4, -0.2) is 26.6 Å². The van der Waals surface area contributed by atoms with Gasteiger partial charge in [0.15, 0.2) is 0 Å². The zero-order valence-corrected chi connectivity index (χ0v) is 17.8. The Hall–Kier alpha value is -1.20. The molecule has 1 N–H and O–H groups in total. The first-order valence-corrected chi connectivity index (χ1v) is 11.3. The highest BCUT2D eigenvalue weighted by molar-refractivity contribution is 9.11. The summed E-state index contributed by atoms with van der Waals surface area (Å²) in [4.78, 5) is 0. The first kappa shape index (κ1) is 20.1. The van der Waals surface area contributed by atoms with Crippen LogP contribution in [0.3, 0.4) is 0 Å². The van der Waals surface area contributed by atoms with Crippen molar-refractivity contribution in [2.75, 3.05) is 13.2 Å². The van der Waals surface area contributed by atoms with Crippen molar-refractivity contribution in [3.05, 3.63) is 71.2 Å². The molecule has 0 aromatic heterocycles. The van der Waals surface area contributed by atoms with Gasteiger partial charge in [-0.2, -0.15) is 0 Å². The number of halogens is 1. The summed E-state index contributed by atoms with van der Waals surface area (Å²) in [6.07, 6.45) is 2.64. The monoisotopic (exact) mass is 418 g/mol. The molecule has 2 aromatic rings. The number of aliphatic hydroxyl groups is 1. The van der Waals surface area contributed by atoms with E-state index in [1.807, 2.05) is 18.2 Å². The van der Waals surface area contributed by atoms with E-state index >= 15 is 0 Å². The average molecular weight is 419 g/mol. The van der Waals surface area contributed by atoms with Gasteiger partial charge in [-0.15, -0.1) is 0 Å². The van der Waals surface area contributed by atoms with Gasteiger partial charge in [0.25, 0.3) is 8.32 Å². The average Bonchev–Trinajstić information content (AvgIpc) is 2.59. The molecule has 2 nitrogen and oxygen atoms in total. The molecule has 0 aliphatic carbocycles. The second-order valence-electron chi connectivity index (χ2n) is 7.10. The van der Waals surface area contributed by atoms with Crippen molar-refractivity contribution in [1.29, 1.82) is 0 Å². The van der Waals surface area contributed by atoms with Gasteiger partial charge in [-0.1, -0.05) is 97.4 Å². The summed E-state index contributed by atoms with van der Waals surface area (Å²) in [6, 6.07) is 21.2. The maximum Gasteiger partial charge on any atom is 0.261 e. The predicted molar refractivity (Wildman–Crippen MR) is 112 cm³/mol. The number of rotatable bonds is 7. The first-order chi connectivity index (χ1) is 11.9. The molecule has 25 heavy (non-hydrogen) atoms. The van der Waals surface area contributed by atoms with E-state index < -0.39 is 8.32 Å². The zero-order valence-electron chi connectivity index (χ0n) is 15.2. The van der Waals surface area contributed by atoms with Crippen molar-refractivity contribution in [3.8, 4) is 0 Å². The predicted octanol–water partition coefficient (Wildman–Crippen LogP) is 4.22. The van der Waals surface area contributed by atoms with E-state index in [4.69, 9.17) is 9.53 Å². The fourth-order valence-electron chi connectivity index (χ4n) is 3.23. The zero-order chi connectivity index (χ0) is 18.3. The molecular weight excluding hydrogens is 392 g/mol. The SMILES string of the molecule is CC(C)(C)[Si](OC/C=C(/Br)CCO)(c1ccccc1)c1ccccc1. The number of benzene rings is 2. The lowest BCUT2D eigenvalue weighted by Gasteiger charge is -2.42. The van der Waals surface area contributed by atoms with Crippen LogP contribution in [0.25, 0.3) is 0 Å². The van der Waals surface area contributed by atoms with Crippen LogP contribution in [-0.2, 0) is 4.43 Å². The van der Waals surface area contributed by atoms with Gasteiger partial charge in [0, 0.05) is 13.0 Å². The fraction of sp³-hybridized carbons (Fsp3) is 0.333. The summed E-state index contributed by atoms with van der Waals surface area (Å²) >= 11 is 3.51. The van der Waals surface area contributed by atoms with E-state index in [9.17, 15) is 0 Å². The number of aliphatic hydroxyl groups excluding tert-OH is 1. The molecule has 0 aliphatic rings. The Kier molecular flexibility index (Phi) is 7.20. The molecule has 0 unspecified atom stereocenters. The van der Waals surface area contributed by atoms with Gasteiger partial charge in [0.1, 0.15) is 0 Å². The van der Waals surface area contributed by atoms with Crippen LogP contribution < -0.4 is 10.4 Å². The van der Waals surface area contributed by atoms with E-state index in [0.29, 0.717) is 13.0 Å². The summed E-state index contributed by atoms with van der Waals surface area (Å²) in [5, 5.41) is 11.6. The molecule has 0 atom stereocenters. The van der Waals surface area contributed by atoms with Crippen LogP contribution in [0.2, 0.25) is 5.04 Å². The van der Waals surface area contributed by atoms with Crippen LogP contribution in [0.1, 0.15) is 27.2 Å². The quantitative estimate of drug-likeness (QED) is 0.681. The van der Waals surface area contributed by atoms with Gasteiger partial charge in [0.05, 0.1) is 6.61 Å². The second kappa shape index (κ2) is 8.95. The minimum Gasteiger partial charge on any atom is -0.404 e. The minimum atomic E-state index is -2.47. The standard InChI is InChI=1S/C21H27BrO2Si/c1-21(2,3)25(19-10-6-4-7-11-19,20-12-8-5-9-13-20)24-17-15-18(22)14-16-23/h4-13,15,23H,14,16-17H2,1-3H3/b18-15+. The summed E-state index contributed by atoms with van der Waals surface area (Å²) in [6.45, 7) is 7.47. The Bertz CT molecular complexity index is 639. The second-order valence-corrected chi connectivity index (χ2v) is 12.4. The Morgan fingerprint density at radius 2 is 1.48 bits per heavy atom. The van der Waals surface area contributed by atoms with E-state index in [0.717, 1.165) is 4.48 Å². The van der Waals surface area contributed by atoms with Crippen LogP contribution >= 0.6 is 15.9 Å². The highest BCUT2D eigenvalue weighted by Crippen LogP contribution is 2.36. The largest absolute Gasteiger partial charge is 0.404 e. The fourth-order valence-corrected chi connectivity index (χ4v) is 8.03.